The molecule has 3 rings (SSSR count). The van der Waals surface area contributed by atoms with Crippen LogP contribution >= 0.6 is 35.0 Å². The van der Waals surface area contributed by atoms with Crippen molar-refractivity contribution in [3.05, 3.63) is 58.0 Å². The normalized spacial score (nSPS) is 18.8. The van der Waals surface area contributed by atoms with Gasteiger partial charge in [0.2, 0.25) is 5.91 Å². The molecule has 1 aromatic carbocycles. The van der Waals surface area contributed by atoms with Crippen LogP contribution in [-0.4, -0.2) is 16.6 Å². The second-order valence-electron chi connectivity index (χ2n) is 4.41. The van der Waals surface area contributed by atoms with Gasteiger partial charge in [-0.15, -0.1) is 11.8 Å². The van der Waals surface area contributed by atoms with Gasteiger partial charge in [-0.2, -0.15) is 0 Å². The zero-order valence-electron chi connectivity index (χ0n) is 10.4. The summed E-state index contributed by atoms with van der Waals surface area (Å²) in [5.74, 6) is 1.27. The van der Waals surface area contributed by atoms with E-state index in [1.165, 1.54) is 0 Å². The third-order valence-corrected chi connectivity index (χ3v) is 5.19. The molecular formula is C14H11Cl2NO2S. The molecule has 0 bridgehead atoms. The molecule has 0 N–H and O–H groups in total. The van der Waals surface area contributed by atoms with Crippen molar-refractivity contribution in [1.29, 1.82) is 0 Å². The van der Waals surface area contributed by atoms with Gasteiger partial charge in [-0.25, -0.2) is 0 Å². The highest BCUT2D eigenvalue weighted by atomic mass is 35.5. The Balaban J connectivity index is 1.91. The van der Waals surface area contributed by atoms with Crippen LogP contribution in [0.1, 0.15) is 16.7 Å². The van der Waals surface area contributed by atoms with Crippen LogP contribution in [-0.2, 0) is 11.3 Å². The van der Waals surface area contributed by atoms with Gasteiger partial charge >= 0.3 is 0 Å². The molecule has 2 heterocycles. The maximum absolute atomic E-state index is 12.1. The van der Waals surface area contributed by atoms with E-state index in [1.54, 1.807) is 29.0 Å². The summed E-state index contributed by atoms with van der Waals surface area (Å²) in [6, 6.07) is 9.15. The first-order valence-corrected chi connectivity index (χ1v) is 7.84. The first-order valence-electron chi connectivity index (χ1n) is 6.04. The predicted octanol–water partition coefficient (Wildman–Crippen LogP) is 4.36. The summed E-state index contributed by atoms with van der Waals surface area (Å²) < 4.78 is 5.32. The Kier molecular flexibility index (Phi) is 3.96. The van der Waals surface area contributed by atoms with Gasteiger partial charge in [0.1, 0.15) is 11.1 Å². The topological polar surface area (TPSA) is 33.5 Å². The van der Waals surface area contributed by atoms with E-state index in [1.807, 2.05) is 24.3 Å². The highest BCUT2D eigenvalue weighted by molar-refractivity contribution is 8.00. The van der Waals surface area contributed by atoms with E-state index in [-0.39, 0.29) is 11.3 Å². The van der Waals surface area contributed by atoms with Crippen molar-refractivity contribution in [2.45, 2.75) is 11.9 Å². The van der Waals surface area contributed by atoms with Crippen molar-refractivity contribution in [2.75, 3.05) is 5.75 Å². The van der Waals surface area contributed by atoms with E-state index in [0.717, 1.165) is 11.3 Å². The maximum atomic E-state index is 12.1. The number of nitrogens with zero attached hydrogens (tertiary/aromatic N) is 1. The molecule has 0 radical (unpaired) electrons. The zero-order chi connectivity index (χ0) is 14.1. The first-order chi connectivity index (χ1) is 9.66. The second kappa shape index (κ2) is 5.72. The van der Waals surface area contributed by atoms with Gasteiger partial charge < -0.3 is 9.32 Å². The molecule has 1 unspecified atom stereocenters. The Bertz CT molecular complexity index is 630. The summed E-state index contributed by atoms with van der Waals surface area (Å²) in [7, 11) is 0. The van der Waals surface area contributed by atoms with Crippen LogP contribution < -0.4 is 0 Å². The fourth-order valence-electron chi connectivity index (χ4n) is 2.16. The van der Waals surface area contributed by atoms with Crippen molar-refractivity contribution in [3.63, 3.8) is 0 Å². The summed E-state index contributed by atoms with van der Waals surface area (Å²) in [4.78, 5) is 13.8. The third kappa shape index (κ3) is 2.55. The summed E-state index contributed by atoms with van der Waals surface area (Å²) in [5, 5.41) is 0.881. The van der Waals surface area contributed by atoms with Crippen LogP contribution in [0.15, 0.2) is 41.0 Å². The molecule has 1 aliphatic rings. The molecule has 0 saturated carbocycles. The van der Waals surface area contributed by atoms with E-state index >= 15 is 0 Å². The molecule has 20 heavy (non-hydrogen) atoms. The van der Waals surface area contributed by atoms with Crippen LogP contribution in [0.2, 0.25) is 10.0 Å². The lowest BCUT2D eigenvalue weighted by molar-refractivity contribution is -0.128. The molecule has 1 atom stereocenters. The Labute approximate surface area is 130 Å². The smallest absolute Gasteiger partial charge is 0.234 e. The van der Waals surface area contributed by atoms with E-state index < -0.39 is 0 Å². The molecular weight excluding hydrogens is 317 g/mol. The van der Waals surface area contributed by atoms with Crippen LogP contribution in [0.4, 0.5) is 0 Å². The van der Waals surface area contributed by atoms with Gasteiger partial charge in [-0.3, -0.25) is 4.79 Å². The molecule has 6 heteroatoms. The largest absolute Gasteiger partial charge is 0.467 e. The quantitative estimate of drug-likeness (QED) is 0.839. The average molecular weight is 328 g/mol. The van der Waals surface area contributed by atoms with Gasteiger partial charge in [0.25, 0.3) is 0 Å². The molecule has 1 saturated heterocycles. The third-order valence-electron chi connectivity index (χ3n) is 3.12. The van der Waals surface area contributed by atoms with Crippen LogP contribution in [0, 0.1) is 0 Å². The van der Waals surface area contributed by atoms with Crippen molar-refractivity contribution in [1.82, 2.24) is 4.90 Å². The summed E-state index contributed by atoms with van der Waals surface area (Å²) in [5.41, 5.74) is 0.863. The zero-order valence-corrected chi connectivity index (χ0v) is 12.7. The number of furan rings is 1. The highest BCUT2D eigenvalue weighted by Gasteiger charge is 2.34. The first kappa shape index (κ1) is 13.9. The Morgan fingerprint density at radius 2 is 2.15 bits per heavy atom. The van der Waals surface area contributed by atoms with Crippen molar-refractivity contribution in [2.24, 2.45) is 0 Å². The fourth-order valence-corrected chi connectivity index (χ4v) is 3.85. The van der Waals surface area contributed by atoms with Crippen LogP contribution in [0.3, 0.4) is 0 Å². The number of amides is 1. The Morgan fingerprint density at radius 1 is 1.30 bits per heavy atom. The minimum Gasteiger partial charge on any atom is -0.467 e. The number of thioether (sulfide) groups is 1. The highest BCUT2D eigenvalue weighted by Crippen LogP contribution is 2.43. The number of hydrogen-bond acceptors (Lipinski definition) is 3. The lowest BCUT2D eigenvalue weighted by Gasteiger charge is -2.24. The summed E-state index contributed by atoms with van der Waals surface area (Å²) in [6.07, 6.45) is 1.60. The Hall–Kier alpha value is -1.10. The van der Waals surface area contributed by atoms with Gasteiger partial charge in [-0.05, 0) is 18.2 Å². The van der Waals surface area contributed by atoms with Gasteiger partial charge in [-0.1, -0.05) is 35.3 Å². The Morgan fingerprint density at radius 3 is 2.90 bits per heavy atom. The van der Waals surface area contributed by atoms with Crippen LogP contribution in [0.5, 0.6) is 0 Å². The van der Waals surface area contributed by atoms with Crippen molar-refractivity contribution >= 4 is 40.9 Å². The summed E-state index contributed by atoms with van der Waals surface area (Å²) >= 11 is 13.9. The average Bonchev–Trinajstić information content (AvgIpc) is 3.06. The SMILES string of the molecule is O=C1CSC(c2cccc(Cl)c2Cl)N1Cc1ccco1. The van der Waals surface area contributed by atoms with Gasteiger partial charge in [0.05, 0.1) is 28.6 Å². The van der Waals surface area contributed by atoms with Crippen LogP contribution in [0.25, 0.3) is 0 Å². The molecule has 0 aliphatic carbocycles. The standard InChI is InChI=1S/C14H11Cl2NO2S/c15-11-5-1-4-10(13(11)16)14-17(12(18)8-20-14)7-9-3-2-6-19-9/h1-6,14H,7-8H2. The molecule has 1 fully saturated rings. The number of hydrogen-bond donors (Lipinski definition) is 0. The number of halogens is 2. The van der Waals surface area contributed by atoms with Gasteiger partial charge in [0.15, 0.2) is 0 Å². The van der Waals surface area contributed by atoms with Crippen molar-refractivity contribution < 1.29 is 9.21 Å². The lowest BCUT2D eigenvalue weighted by atomic mass is 10.2. The molecule has 1 aromatic heterocycles. The second-order valence-corrected chi connectivity index (χ2v) is 6.26. The minimum atomic E-state index is -0.126. The fraction of sp³-hybridized carbons (Fsp3) is 0.214. The molecule has 1 amide bonds. The van der Waals surface area contributed by atoms with E-state index in [0.29, 0.717) is 22.3 Å². The lowest BCUT2D eigenvalue weighted by Crippen LogP contribution is -2.27. The predicted molar refractivity (Wildman–Crippen MR) is 80.9 cm³/mol. The number of carbonyl (C=O) groups excluding carboxylic acids is 1. The van der Waals surface area contributed by atoms with Crippen molar-refractivity contribution in [3.8, 4) is 0 Å². The molecule has 2 aromatic rings. The minimum absolute atomic E-state index is 0.0763. The molecule has 3 nitrogen and oxygen atoms in total. The molecule has 104 valence electrons. The van der Waals surface area contributed by atoms with Gasteiger partial charge in [0, 0.05) is 5.56 Å². The van der Waals surface area contributed by atoms with E-state index in [9.17, 15) is 4.79 Å². The number of rotatable bonds is 3. The van der Waals surface area contributed by atoms with E-state index in [4.69, 9.17) is 27.6 Å². The molecule has 1 aliphatic heterocycles. The van der Waals surface area contributed by atoms with E-state index in [2.05, 4.69) is 0 Å². The number of carbonyl (C=O) groups is 1. The monoisotopic (exact) mass is 327 g/mol. The molecule has 0 spiro atoms. The maximum Gasteiger partial charge on any atom is 0.234 e. The number of benzene rings is 1. The summed E-state index contributed by atoms with van der Waals surface area (Å²) in [6.45, 7) is 0.437.